The Bertz CT molecular complexity index is 580. The SMILES string of the molecule is C=CCn1nnc(NC(=O)c2cccc(Cl)c2)n1. The largest absolute Gasteiger partial charge is 0.288 e. The zero-order valence-electron chi connectivity index (χ0n) is 9.38. The van der Waals surface area contributed by atoms with Gasteiger partial charge in [0.15, 0.2) is 0 Å². The molecule has 0 saturated heterocycles. The number of nitrogens with one attached hydrogen (secondary N) is 1. The maximum atomic E-state index is 11.8. The van der Waals surface area contributed by atoms with Crippen molar-refractivity contribution in [3.8, 4) is 0 Å². The Kier molecular flexibility index (Phi) is 3.69. The Morgan fingerprint density at radius 3 is 3.11 bits per heavy atom. The van der Waals surface area contributed by atoms with Crippen LogP contribution in [0.25, 0.3) is 0 Å². The zero-order chi connectivity index (χ0) is 13.0. The van der Waals surface area contributed by atoms with E-state index in [2.05, 4.69) is 27.3 Å². The van der Waals surface area contributed by atoms with Gasteiger partial charge in [-0.15, -0.1) is 11.7 Å². The summed E-state index contributed by atoms with van der Waals surface area (Å²) in [4.78, 5) is 13.1. The van der Waals surface area contributed by atoms with Crippen molar-refractivity contribution in [2.45, 2.75) is 6.54 Å². The summed E-state index contributed by atoms with van der Waals surface area (Å²) < 4.78 is 0. The Labute approximate surface area is 108 Å². The first-order valence-electron chi connectivity index (χ1n) is 5.14. The second kappa shape index (κ2) is 5.42. The highest BCUT2D eigenvalue weighted by molar-refractivity contribution is 6.31. The predicted octanol–water partition coefficient (Wildman–Crippen LogP) is 1.76. The van der Waals surface area contributed by atoms with E-state index in [-0.39, 0.29) is 11.9 Å². The van der Waals surface area contributed by atoms with Crippen LogP contribution in [-0.4, -0.2) is 26.1 Å². The van der Waals surface area contributed by atoms with Gasteiger partial charge < -0.3 is 0 Å². The Balaban J connectivity index is 2.08. The van der Waals surface area contributed by atoms with Gasteiger partial charge in [-0.25, -0.2) is 0 Å². The third-order valence-corrected chi connectivity index (χ3v) is 2.29. The third-order valence-electron chi connectivity index (χ3n) is 2.06. The number of hydrogen-bond acceptors (Lipinski definition) is 4. The van der Waals surface area contributed by atoms with Crippen molar-refractivity contribution in [3.63, 3.8) is 0 Å². The lowest BCUT2D eigenvalue weighted by Crippen LogP contribution is -2.13. The molecule has 0 spiro atoms. The second-order valence-corrected chi connectivity index (χ2v) is 3.86. The van der Waals surface area contributed by atoms with Crippen LogP contribution in [0.15, 0.2) is 36.9 Å². The van der Waals surface area contributed by atoms with Gasteiger partial charge >= 0.3 is 0 Å². The lowest BCUT2D eigenvalue weighted by Gasteiger charge is -2.00. The van der Waals surface area contributed by atoms with E-state index in [4.69, 9.17) is 11.6 Å². The van der Waals surface area contributed by atoms with Crippen molar-refractivity contribution >= 4 is 23.5 Å². The molecule has 1 aromatic heterocycles. The molecule has 7 heteroatoms. The zero-order valence-corrected chi connectivity index (χ0v) is 10.1. The summed E-state index contributed by atoms with van der Waals surface area (Å²) in [6.45, 7) is 3.98. The minimum absolute atomic E-state index is 0.141. The standard InChI is InChI=1S/C11H10ClN5O/c1-2-6-17-15-11(14-16-17)13-10(18)8-4-3-5-9(12)7-8/h2-5,7H,1,6H2,(H,13,15,18). The lowest BCUT2D eigenvalue weighted by atomic mass is 10.2. The summed E-state index contributed by atoms with van der Waals surface area (Å²) in [7, 11) is 0. The molecule has 92 valence electrons. The van der Waals surface area contributed by atoms with Crippen molar-refractivity contribution in [3.05, 3.63) is 47.5 Å². The van der Waals surface area contributed by atoms with Gasteiger partial charge in [0.05, 0.1) is 6.54 Å². The molecular formula is C11H10ClN5O. The topological polar surface area (TPSA) is 72.7 Å². The summed E-state index contributed by atoms with van der Waals surface area (Å²) in [6.07, 6.45) is 1.63. The number of hydrogen-bond donors (Lipinski definition) is 1. The number of allylic oxidation sites excluding steroid dienone is 1. The predicted molar refractivity (Wildman–Crippen MR) is 67.4 cm³/mol. The smallest absolute Gasteiger partial charge is 0.270 e. The molecule has 1 aromatic carbocycles. The van der Waals surface area contributed by atoms with Crippen molar-refractivity contribution in [1.82, 2.24) is 20.2 Å². The molecule has 2 rings (SSSR count). The van der Waals surface area contributed by atoms with Crippen molar-refractivity contribution in [1.29, 1.82) is 0 Å². The van der Waals surface area contributed by atoms with Crippen LogP contribution in [0.2, 0.25) is 5.02 Å². The van der Waals surface area contributed by atoms with E-state index in [1.165, 1.54) is 4.80 Å². The maximum absolute atomic E-state index is 11.8. The molecule has 0 unspecified atom stereocenters. The van der Waals surface area contributed by atoms with Crippen LogP contribution in [0.4, 0.5) is 5.95 Å². The molecule has 1 amide bonds. The second-order valence-electron chi connectivity index (χ2n) is 3.42. The number of halogens is 1. The van der Waals surface area contributed by atoms with Crippen LogP contribution in [0.1, 0.15) is 10.4 Å². The fraction of sp³-hybridized carbons (Fsp3) is 0.0909. The van der Waals surface area contributed by atoms with Gasteiger partial charge in [-0.2, -0.15) is 4.80 Å². The van der Waals surface area contributed by atoms with Crippen molar-refractivity contribution < 1.29 is 4.79 Å². The summed E-state index contributed by atoms with van der Waals surface area (Å²) in [5.41, 5.74) is 0.433. The average molecular weight is 264 g/mol. The Morgan fingerprint density at radius 1 is 1.56 bits per heavy atom. The van der Waals surface area contributed by atoms with Crippen LogP contribution in [0.5, 0.6) is 0 Å². The molecule has 0 aliphatic heterocycles. The molecule has 0 atom stereocenters. The van der Waals surface area contributed by atoms with E-state index in [0.29, 0.717) is 17.1 Å². The molecule has 6 nitrogen and oxygen atoms in total. The van der Waals surface area contributed by atoms with Crippen molar-refractivity contribution in [2.24, 2.45) is 0 Å². The molecule has 0 saturated carbocycles. The molecule has 2 aromatic rings. The molecule has 0 radical (unpaired) electrons. The van der Waals surface area contributed by atoms with Crippen molar-refractivity contribution in [2.75, 3.05) is 5.32 Å². The van der Waals surface area contributed by atoms with Gasteiger partial charge in [0.2, 0.25) is 0 Å². The van der Waals surface area contributed by atoms with Gasteiger partial charge in [0.1, 0.15) is 0 Å². The first-order chi connectivity index (χ1) is 8.69. The fourth-order valence-corrected chi connectivity index (χ4v) is 1.48. The summed E-state index contributed by atoms with van der Waals surface area (Å²) in [6, 6.07) is 6.59. The normalized spacial score (nSPS) is 10.1. The highest BCUT2D eigenvalue weighted by Crippen LogP contribution is 2.11. The van der Waals surface area contributed by atoms with Gasteiger partial charge in [-0.05, 0) is 23.4 Å². The van der Waals surface area contributed by atoms with Gasteiger partial charge in [-0.1, -0.05) is 28.8 Å². The minimum atomic E-state index is -0.337. The fourth-order valence-electron chi connectivity index (χ4n) is 1.29. The number of carbonyl (C=O) groups is 1. The average Bonchev–Trinajstić information content (AvgIpc) is 2.77. The molecule has 0 aliphatic rings. The maximum Gasteiger partial charge on any atom is 0.270 e. The highest BCUT2D eigenvalue weighted by Gasteiger charge is 2.09. The number of tetrazole rings is 1. The van der Waals surface area contributed by atoms with Crippen LogP contribution in [0, 0.1) is 0 Å². The van der Waals surface area contributed by atoms with Gasteiger partial charge in [0.25, 0.3) is 11.9 Å². The molecule has 0 bridgehead atoms. The van der Waals surface area contributed by atoms with E-state index in [0.717, 1.165) is 0 Å². The van der Waals surface area contributed by atoms with Gasteiger partial charge in [-0.3, -0.25) is 10.1 Å². The van der Waals surface area contributed by atoms with E-state index in [9.17, 15) is 4.79 Å². The van der Waals surface area contributed by atoms with E-state index >= 15 is 0 Å². The molecular weight excluding hydrogens is 254 g/mol. The molecule has 18 heavy (non-hydrogen) atoms. The molecule has 1 N–H and O–H groups in total. The number of aromatic nitrogens is 4. The first kappa shape index (κ1) is 12.3. The monoisotopic (exact) mass is 263 g/mol. The summed E-state index contributed by atoms with van der Waals surface area (Å²) in [5.74, 6) is -0.197. The number of rotatable bonds is 4. The number of benzene rings is 1. The van der Waals surface area contributed by atoms with E-state index in [1.807, 2.05) is 0 Å². The highest BCUT2D eigenvalue weighted by atomic mass is 35.5. The minimum Gasteiger partial charge on any atom is -0.288 e. The quantitative estimate of drug-likeness (QED) is 0.853. The van der Waals surface area contributed by atoms with Crippen LogP contribution in [-0.2, 0) is 6.54 Å². The lowest BCUT2D eigenvalue weighted by molar-refractivity contribution is 0.102. The Hall–Kier alpha value is -2.21. The van der Waals surface area contributed by atoms with E-state index in [1.54, 1.807) is 30.3 Å². The Morgan fingerprint density at radius 2 is 2.39 bits per heavy atom. The molecule has 1 heterocycles. The van der Waals surface area contributed by atoms with Gasteiger partial charge in [0, 0.05) is 10.6 Å². The third kappa shape index (κ3) is 2.92. The van der Waals surface area contributed by atoms with E-state index < -0.39 is 0 Å². The number of amides is 1. The summed E-state index contributed by atoms with van der Waals surface area (Å²) >= 11 is 5.80. The van der Waals surface area contributed by atoms with Crippen LogP contribution < -0.4 is 5.32 Å². The first-order valence-corrected chi connectivity index (χ1v) is 5.52. The number of nitrogens with zero attached hydrogens (tertiary/aromatic N) is 4. The summed E-state index contributed by atoms with van der Waals surface area (Å²) in [5, 5.41) is 14.4. The molecule has 0 fully saturated rings. The van der Waals surface area contributed by atoms with Crippen LogP contribution in [0.3, 0.4) is 0 Å². The number of anilines is 1. The van der Waals surface area contributed by atoms with Crippen LogP contribution >= 0.6 is 11.6 Å². The number of carbonyl (C=O) groups excluding carboxylic acids is 1. The molecule has 0 aliphatic carbocycles.